The van der Waals surface area contributed by atoms with Gasteiger partial charge < -0.3 is 4.52 Å². The summed E-state index contributed by atoms with van der Waals surface area (Å²) in [7, 11) is 0. The van der Waals surface area contributed by atoms with E-state index in [2.05, 4.69) is 10.1 Å². The molecule has 1 aromatic heterocycles. The van der Waals surface area contributed by atoms with Crippen molar-refractivity contribution in [2.24, 2.45) is 0 Å². The standard InChI is InChI=1S/C10H7ClF2N2O/c11-2-1-9-14-10(15-16-9)6-3-7(12)5-8(13)4-6/h3-5H,1-2H2. The lowest BCUT2D eigenvalue weighted by atomic mass is 10.2. The molecule has 0 fully saturated rings. The summed E-state index contributed by atoms with van der Waals surface area (Å²) in [6.45, 7) is 0. The topological polar surface area (TPSA) is 38.9 Å². The Kier molecular flexibility index (Phi) is 3.14. The number of alkyl halides is 1. The van der Waals surface area contributed by atoms with Crippen molar-refractivity contribution >= 4 is 11.6 Å². The van der Waals surface area contributed by atoms with Gasteiger partial charge in [-0.1, -0.05) is 5.16 Å². The lowest BCUT2D eigenvalue weighted by Gasteiger charge is -1.95. The SMILES string of the molecule is Fc1cc(F)cc(-c2noc(CCCl)n2)c1. The van der Waals surface area contributed by atoms with Crippen molar-refractivity contribution in [3.8, 4) is 11.4 Å². The molecule has 0 saturated heterocycles. The molecule has 6 heteroatoms. The number of hydrogen-bond donors (Lipinski definition) is 0. The second-order valence-corrected chi connectivity index (χ2v) is 3.49. The summed E-state index contributed by atoms with van der Waals surface area (Å²) in [6.07, 6.45) is 0.423. The average Bonchev–Trinajstić information content (AvgIpc) is 2.65. The molecule has 2 rings (SSSR count). The Bertz CT molecular complexity index is 481. The van der Waals surface area contributed by atoms with E-state index in [1.807, 2.05) is 0 Å². The van der Waals surface area contributed by atoms with E-state index >= 15 is 0 Å². The van der Waals surface area contributed by atoms with Gasteiger partial charge in [0.2, 0.25) is 11.7 Å². The molecule has 0 saturated carbocycles. The maximum absolute atomic E-state index is 12.9. The van der Waals surface area contributed by atoms with Crippen molar-refractivity contribution in [2.75, 3.05) is 5.88 Å². The number of aromatic nitrogens is 2. The number of benzene rings is 1. The predicted octanol–water partition coefficient (Wildman–Crippen LogP) is 2.80. The van der Waals surface area contributed by atoms with E-state index in [1.165, 1.54) is 0 Å². The minimum absolute atomic E-state index is 0.151. The molecule has 0 N–H and O–H groups in total. The zero-order valence-electron chi connectivity index (χ0n) is 8.08. The van der Waals surface area contributed by atoms with Crippen LogP contribution < -0.4 is 0 Å². The smallest absolute Gasteiger partial charge is 0.228 e. The van der Waals surface area contributed by atoms with Crippen LogP contribution in [0.1, 0.15) is 5.89 Å². The molecule has 0 unspecified atom stereocenters. The highest BCUT2D eigenvalue weighted by Gasteiger charge is 2.10. The summed E-state index contributed by atoms with van der Waals surface area (Å²) < 4.78 is 30.7. The van der Waals surface area contributed by atoms with Crippen LogP contribution in [0.2, 0.25) is 0 Å². The molecule has 0 aliphatic rings. The van der Waals surface area contributed by atoms with Crippen LogP contribution in [0, 0.1) is 11.6 Å². The molecule has 0 aliphatic carbocycles. The van der Waals surface area contributed by atoms with Gasteiger partial charge in [0.1, 0.15) is 11.6 Å². The second-order valence-electron chi connectivity index (χ2n) is 3.11. The second kappa shape index (κ2) is 4.57. The zero-order valence-corrected chi connectivity index (χ0v) is 8.84. The van der Waals surface area contributed by atoms with Crippen molar-refractivity contribution in [1.82, 2.24) is 10.1 Å². The number of halogens is 3. The van der Waals surface area contributed by atoms with Crippen LogP contribution in [-0.4, -0.2) is 16.0 Å². The van der Waals surface area contributed by atoms with Gasteiger partial charge in [0.15, 0.2) is 0 Å². The lowest BCUT2D eigenvalue weighted by molar-refractivity contribution is 0.383. The van der Waals surface area contributed by atoms with E-state index in [4.69, 9.17) is 16.1 Å². The molecule has 0 atom stereocenters. The first-order valence-corrected chi connectivity index (χ1v) is 5.07. The van der Waals surface area contributed by atoms with Crippen LogP contribution in [0.15, 0.2) is 22.7 Å². The number of hydrogen-bond acceptors (Lipinski definition) is 3. The Morgan fingerprint density at radius 2 is 1.88 bits per heavy atom. The normalized spacial score (nSPS) is 10.7. The minimum atomic E-state index is -0.682. The fraction of sp³-hybridized carbons (Fsp3) is 0.200. The summed E-state index contributed by atoms with van der Waals surface area (Å²) in [5, 5.41) is 3.61. The zero-order chi connectivity index (χ0) is 11.5. The third-order valence-electron chi connectivity index (χ3n) is 1.90. The molecule has 2 aromatic rings. The van der Waals surface area contributed by atoms with Crippen molar-refractivity contribution in [1.29, 1.82) is 0 Å². The number of aryl methyl sites for hydroxylation is 1. The van der Waals surface area contributed by atoms with Crippen molar-refractivity contribution < 1.29 is 13.3 Å². The number of nitrogens with zero attached hydrogens (tertiary/aromatic N) is 2. The molecule has 1 aromatic carbocycles. The Morgan fingerprint density at radius 3 is 2.50 bits per heavy atom. The first kappa shape index (κ1) is 11.0. The van der Waals surface area contributed by atoms with Crippen LogP contribution in [-0.2, 0) is 6.42 Å². The Morgan fingerprint density at radius 1 is 1.19 bits per heavy atom. The molecular formula is C10H7ClF2N2O. The summed E-state index contributed by atoms with van der Waals surface area (Å²) >= 11 is 5.49. The maximum Gasteiger partial charge on any atom is 0.228 e. The summed E-state index contributed by atoms with van der Waals surface area (Å²) in [5.41, 5.74) is 0.238. The van der Waals surface area contributed by atoms with Crippen LogP contribution in [0.5, 0.6) is 0 Å². The molecule has 84 valence electrons. The van der Waals surface area contributed by atoms with E-state index in [9.17, 15) is 8.78 Å². The molecule has 1 heterocycles. The van der Waals surface area contributed by atoms with Crippen LogP contribution in [0.4, 0.5) is 8.78 Å². The van der Waals surface area contributed by atoms with Gasteiger partial charge in [-0.2, -0.15) is 4.98 Å². The van der Waals surface area contributed by atoms with Gasteiger partial charge in [0.05, 0.1) is 0 Å². The highest BCUT2D eigenvalue weighted by Crippen LogP contribution is 2.18. The minimum Gasteiger partial charge on any atom is -0.339 e. The maximum atomic E-state index is 12.9. The Labute approximate surface area is 95.0 Å². The molecular weight excluding hydrogens is 238 g/mol. The van der Waals surface area contributed by atoms with Gasteiger partial charge >= 0.3 is 0 Å². The van der Waals surface area contributed by atoms with E-state index in [0.717, 1.165) is 18.2 Å². The highest BCUT2D eigenvalue weighted by molar-refractivity contribution is 6.17. The highest BCUT2D eigenvalue weighted by atomic mass is 35.5. The van der Waals surface area contributed by atoms with Crippen LogP contribution in [0.25, 0.3) is 11.4 Å². The molecule has 16 heavy (non-hydrogen) atoms. The van der Waals surface area contributed by atoms with Gasteiger partial charge in [-0.05, 0) is 12.1 Å². The van der Waals surface area contributed by atoms with Gasteiger partial charge in [-0.15, -0.1) is 11.6 Å². The third-order valence-corrected chi connectivity index (χ3v) is 2.09. The molecule has 0 spiro atoms. The van der Waals surface area contributed by atoms with E-state index in [1.54, 1.807) is 0 Å². The third kappa shape index (κ3) is 2.36. The summed E-state index contributed by atoms with van der Waals surface area (Å²) in [6, 6.07) is 3.06. The average molecular weight is 245 g/mol. The first-order chi connectivity index (χ1) is 7.69. The van der Waals surface area contributed by atoms with E-state index in [-0.39, 0.29) is 11.4 Å². The van der Waals surface area contributed by atoms with E-state index < -0.39 is 11.6 Å². The Hall–Kier alpha value is -1.49. The number of rotatable bonds is 3. The van der Waals surface area contributed by atoms with Gasteiger partial charge in [0.25, 0.3) is 0 Å². The Balaban J connectivity index is 2.34. The lowest BCUT2D eigenvalue weighted by Crippen LogP contribution is -1.88. The van der Waals surface area contributed by atoms with Crippen molar-refractivity contribution in [2.45, 2.75) is 6.42 Å². The first-order valence-electron chi connectivity index (χ1n) is 4.54. The largest absolute Gasteiger partial charge is 0.339 e. The van der Waals surface area contributed by atoms with Crippen molar-refractivity contribution in [3.05, 3.63) is 35.7 Å². The van der Waals surface area contributed by atoms with Gasteiger partial charge in [0, 0.05) is 23.9 Å². The van der Waals surface area contributed by atoms with Crippen molar-refractivity contribution in [3.63, 3.8) is 0 Å². The van der Waals surface area contributed by atoms with Gasteiger partial charge in [-0.3, -0.25) is 0 Å². The summed E-state index contributed by atoms with van der Waals surface area (Å²) in [4.78, 5) is 3.96. The molecule has 0 bridgehead atoms. The molecule has 0 radical (unpaired) electrons. The molecule has 3 nitrogen and oxygen atoms in total. The van der Waals surface area contributed by atoms with Crippen LogP contribution in [0.3, 0.4) is 0 Å². The summed E-state index contributed by atoms with van der Waals surface area (Å²) in [5.74, 6) is -0.523. The fourth-order valence-corrected chi connectivity index (χ4v) is 1.40. The van der Waals surface area contributed by atoms with E-state index in [0.29, 0.717) is 18.2 Å². The van der Waals surface area contributed by atoms with Gasteiger partial charge in [-0.25, -0.2) is 8.78 Å². The predicted molar refractivity (Wildman–Crippen MR) is 54.1 cm³/mol. The quantitative estimate of drug-likeness (QED) is 0.780. The monoisotopic (exact) mass is 244 g/mol. The van der Waals surface area contributed by atoms with Crippen LogP contribution >= 0.6 is 11.6 Å². The molecule has 0 aliphatic heterocycles. The molecule has 0 amide bonds. The fourth-order valence-electron chi connectivity index (χ4n) is 1.24.